The quantitative estimate of drug-likeness (QED) is 0.725. The van der Waals surface area contributed by atoms with Crippen molar-refractivity contribution in [3.63, 3.8) is 0 Å². The summed E-state index contributed by atoms with van der Waals surface area (Å²) in [5, 5.41) is 2.80. The van der Waals surface area contributed by atoms with Crippen molar-refractivity contribution in [3.8, 4) is 11.5 Å². The van der Waals surface area contributed by atoms with Crippen LogP contribution in [0.3, 0.4) is 0 Å². The summed E-state index contributed by atoms with van der Waals surface area (Å²) in [6.45, 7) is 6.05. The molecule has 0 saturated carbocycles. The molecule has 2 aromatic rings. The molecular formula is C19H22BrNO3. The van der Waals surface area contributed by atoms with Crippen molar-refractivity contribution in [1.29, 1.82) is 0 Å². The van der Waals surface area contributed by atoms with Gasteiger partial charge in [0.2, 0.25) is 0 Å². The van der Waals surface area contributed by atoms with Gasteiger partial charge in [-0.3, -0.25) is 4.79 Å². The van der Waals surface area contributed by atoms with Crippen molar-refractivity contribution >= 4 is 27.5 Å². The molecule has 0 radical (unpaired) electrons. The SMILES string of the molecule is CCC(C)Oc1ccc(NC(=O)COc2ccc(C)cc2Br)cc1. The number of carbonyl (C=O) groups excluding carboxylic acids is 1. The van der Waals surface area contributed by atoms with Gasteiger partial charge in [-0.2, -0.15) is 0 Å². The molecule has 24 heavy (non-hydrogen) atoms. The number of carbonyl (C=O) groups is 1. The van der Waals surface area contributed by atoms with E-state index in [1.54, 1.807) is 0 Å². The van der Waals surface area contributed by atoms with Crippen LogP contribution in [0.25, 0.3) is 0 Å². The molecule has 0 bridgehead atoms. The first kappa shape index (κ1) is 18.3. The first-order valence-electron chi connectivity index (χ1n) is 7.93. The molecule has 5 heteroatoms. The third-order valence-electron chi connectivity index (χ3n) is 3.50. The zero-order valence-electron chi connectivity index (χ0n) is 14.1. The van der Waals surface area contributed by atoms with Crippen LogP contribution < -0.4 is 14.8 Å². The first-order chi connectivity index (χ1) is 11.5. The van der Waals surface area contributed by atoms with E-state index in [-0.39, 0.29) is 18.6 Å². The van der Waals surface area contributed by atoms with Gasteiger partial charge in [0.05, 0.1) is 10.6 Å². The summed E-state index contributed by atoms with van der Waals surface area (Å²) < 4.78 is 12.1. The monoisotopic (exact) mass is 391 g/mol. The summed E-state index contributed by atoms with van der Waals surface area (Å²) in [7, 11) is 0. The zero-order valence-corrected chi connectivity index (χ0v) is 15.7. The van der Waals surface area contributed by atoms with Crippen molar-refractivity contribution in [1.82, 2.24) is 0 Å². The Morgan fingerprint density at radius 2 is 1.92 bits per heavy atom. The molecule has 4 nitrogen and oxygen atoms in total. The van der Waals surface area contributed by atoms with Gasteiger partial charge in [0.1, 0.15) is 11.5 Å². The number of aryl methyl sites for hydroxylation is 1. The van der Waals surface area contributed by atoms with Crippen LogP contribution >= 0.6 is 15.9 Å². The van der Waals surface area contributed by atoms with E-state index in [1.807, 2.05) is 56.3 Å². The Morgan fingerprint density at radius 3 is 2.54 bits per heavy atom. The number of nitrogens with one attached hydrogen (secondary N) is 1. The average molecular weight is 392 g/mol. The van der Waals surface area contributed by atoms with E-state index < -0.39 is 0 Å². The highest BCUT2D eigenvalue weighted by atomic mass is 79.9. The van der Waals surface area contributed by atoms with Crippen molar-refractivity contribution < 1.29 is 14.3 Å². The Morgan fingerprint density at radius 1 is 1.21 bits per heavy atom. The number of rotatable bonds is 7. The second-order valence-corrected chi connectivity index (χ2v) is 6.49. The summed E-state index contributed by atoms with van der Waals surface area (Å²) in [5.41, 5.74) is 1.83. The van der Waals surface area contributed by atoms with E-state index in [1.165, 1.54) is 0 Å². The molecule has 128 valence electrons. The molecule has 0 aliphatic carbocycles. The minimum Gasteiger partial charge on any atom is -0.491 e. The molecule has 0 aromatic heterocycles. The Kier molecular flexibility index (Phi) is 6.67. The van der Waals surface area contributed by atoms with Gasteiger partial charge in [-0.15, -0.1) is 0 Å². The summed E-state index contributed by atoms with van der Waals surface area (Å²) in [6, 6.07) is 13.1. The molecule has 0 aliphatic heterocycles. The number of amides is 1. The third kappa shape index (κ3) is 5.57. The lowest BCUT2D eigenvalue weighted by atomic mass is 10.2. The van der Waals surface area contributed by atoms with Crippen LogP contribution in [0.2, 0.25) is 0 Å². The number of hydrogen-bond acceptors (Lipinski definition) is 3. The highest BCUT2D eigenvalue weighted by Gasteiger charge is 2.07. The van der Waals surface area contributed by atoms with Gasteiger partial charge >= 0.3 is 0 Å². The molecule has 1 N–H and O–H groups in total. The Hall–Kier alpha value is -2.01. The lowest BCUT2D eigenvalue weighted by molar-refractivity contribution is -0.118. The molecule has 0 saturated heterocycles. The van der Waals surface area contributed by atoms with Gasteiger partial charge in [-0.1, -0.05) is 13.0 Å². The number of benzene rings is 2. The number of halogens is 1. The number of hydrogen-bond donors (Lipinski definition) is 1. The minimum atomic E-state index is -0.210. The molecule has 0 spiro atoms. The normalized spacial score (nSPS) is 11.7. The Balaban J connectivity index is 1.85. The van der Waals surface area contributed by atoms with Crippen molar-refractivity contribution in [2.45, 2.75) is 33.3 Å². The lowest BCUT2D eigenvalue weighted by Gasteiger charge is -2.13. The predicted octanol–water partition coefficient (Wildman–Crippen LogP) is 4.95. The maximum absolute atomic E-state index is 12.0. The van der Waals surface area contributed by atoms with E-state index in [0.717, 1.165) is 22.2 Å². The smallest absolute Gasteiger partial charge is 0.262 e. The van der Waals surface area contributed by atoms with Gasteiger partial charge in [0.25, 0.3) is 5.91 Å². The molecule has 0 fully saturated rings. The molecule has 0 heterocycles. The summed E-state index contributed by atoms with van der Waals surface area (Å²) in [4.78, 5) is 12.0. The van der Waals surface area contributed by atoms with Crippen molar-refractivity contribution in [2.24, 2.45) is 0 Å². The van der Waals surface area contributed by atoms with E-state index in [0.29, 0.717) is 11.4 Å². The zero-order chi connectivity index (χ0) is 17.5. The summed E-state index contributed by atoms with van der Waals surface area (Å²) >= 11 is 3.43. The second-order valence-electron chi connectivity index (χ2n) is 5.63. The summed E-state index contributed by atoms with van der Waals surface area (Å²) in [5.74, 6) is 1.23. The predicted molar refractivity (Wildman–Crippen MR) is 99.8 cm³/mol. The van der Waals surface area contributed by atoms with Crippen LogP contribution in [-0.2, 0) is 4.79 Å². The van der Waals surface area contributed by atoms with Gasteiger partial charge in [0.15, 0.2) is 6.61 Å². The van der Waals surface area contributed by atoms with Crippen LogP contribution in [0.4, 0.5) is 5.69 Å². The Labute approximate surface area is 151 Å². The minimum absolute atomic E-state index is 0.0488. The maximum Gasteiger partial charge on any atom is 0.262 e. The second kappa shape index (κ2) is 8.73. The molecule has 1 unspecified atom stereocenters. The van der Waals surface area contributed by atoms with E-state index >= 15 is 0 Å². The van der Waals surface area contributed by atoms with Crippen molar-refractivity contribution in [2.75, 3.05) is 11.9 Å². The largest absolute Gasteiger partial charge is 0.491 e. The van der Waals surface area contributed by atoms with Gasteiger partial charge < -0.3 is 14.8 Å². The fraction of sp³-hybridized carbons (Fsp3) is 0.316. The van der Waals surface area contributed by atoms with E-state index in [2.05, 4.69) is 28.2 Å². The van der Waals surface area contributed by atoms with Gasteiger partial charge in [0, 0.05) is 5.69 Å². The van der Waals surface area contributed by atoms with E-state index in [4.69, 9.17) is 9.47 Å². The van der Waals surface area contributed by atoms with Crippen LogP contribution in [0.15, 0.2) is 46.9 Å². The molecule has 1 atom stereocenters. The highest BCUT2D eigenvalue weighted by Crippen LogP contribution is 2.25. The fourth-order valence-electron chi connectivity index (χ4n) is 2.00. The summed E-state index contributed by atoms with van der Waals surface area (Å²) in [6.07, 6.45) is 1.12. The fourth-order valence-corrected chi connectivity index (χ4v) is 2.60. The van der Waals surface area contributed by atoms with Crippen LogP contribution in [-0.4, -0.2) is 18.6 Å². The lowest BCUT2D eigenvalue weighted by Crippen LogP contribution is -2.20. The standard InChI is InChI=1S/C19H22BrNO3/c1-4-14(3)24-16-8-6-15(7-9-16)21-19(22)12-23-18-10-5-13(2)11-17(18)20/h5-11,14H,4,12H2,1-3H3,(H,21,22). The third-order valence-corrected chi connectivity index (χ3v) is 4.12. The number of anilines is 1. The van der Waals surface area contributed by atoms with Crippen molar-refractivity contribution in [3.05, 3.63) is 52.5 Å². The molecule has 2 rings (SSSR count). The number of ether oxygens (including phenoxy) is 2. The first-order valence-corrected chi connectivity index (χ1v) is 8.72. The molecular weight excluding hydrogens is 370 g/mol. The highest BCUT2D eigenvalue weighted by molar-refractivity contribution is 9.10. The molecule has 2 aromatic carbocycles. The van der Waals surface area contributed by atoms with Crippen LogP contribution in [0.1, 0.15) is 25.8 Å². The van der Waals surface area contributed by atoms with Gasteiger partial charge in [-0.05, 0) is 78.2 Å². The van der Waals surface area contributed by atoms with Crippen LogP contribution in [0, 0.1) is 6.92 Å². The van der Waals surface area contributed by atoms with Gasteiger partial charge in [-0.25, -0.2) is 0 Å². The topological polar surface area (TPSA) is 47.6 Å². The van der Waals surface area contributed by atoms with E-state index in [9.17, 15) is 4.79 Å². The Bertz CT molecular complexity index is 686. The maximum atomic E-state index is 12.0. The average Bonchev–Trinajstić information content (AvgIpc) is 2.55. The van der Waals surface area contributed by atoms with Crippen LogP contribution in [0.5, 0.6) is 11.5 Å². The molecule has 0 aliphatic rings. The molecule has 1 amide bonds.